The maximum atomic E-state index is 11.6. The fraction of sp³-hybridized carbons (Fsp3) is 0.300. The highest BCUT2D eigenvalue weighted by Crippen LogP contribution is 2.06. The molecule has 0 atom stereocenters. The minimum Gasteiger partial charge on any atom is -0.358 e. The number of fused-ring (bicyclic) bond motifs is 1. The summed E-state index contributed by atoms with van der Waals surface area (Å²) in [6.07, 6.45) is 1.69. The summed E-state index contributed by atoms with van der Waals surface area (Å²) >= 11 is 1.40. The van der Waals surface area contributed by atoms with Crippen LogP contribution in [0.25, 0.3) is 4.96 Å². The van der Waals surface area contributed by atoms with Gasteiger partial charge >= 0.3 is 0 Å². The molecular formula is C10H12N4O2S. The van der Waals surface area contributed by atoms with E-state index in [0.717, 1.165) is 0 Å². The Kier molecular flexibility index (Phi) is 3.50. The van der Waals surface area contributed by atoms with Crippen molar-refractivity contribution in [3.8, 4) is 0 Å². The van der Waals surface area contributed by atoms with Crippen LogP contribution >= 0.6 is 11.3 Å². The van der Waals surface area contributed by atoms with Gasteiger partial charge < -0.3 is 10.6 Å². The molecule has 17 heavy (non-hydrogen) atoms. The Morgan fingerprint density at radius 2 is 2.41 bits per heavy atom. The van der Waals surface area contributed by atoms with Gasteiger partial charge in [0.2, 0.25) is 5.91 Å². The summed E-state index contributed by atoms with van der Waals surface area (Å²) in [6.45, 7) is 0.610. The summed E-state index contributed by atoms with van der Waals surface area (Å²) in [5.41, 5.74) is 0.536. The molecule has 0 fully saturated rings. The molecule has 0 saturated carbocycles. The number of hydrogen-bond donors (Lipinski definition) is 2. The van der Waals surface area contributed by atoms with Crippen LogP contribution in [0.2, 0.25) is 0 Å². The van der Waals surface area contributed by atoms with E-state index in [2.05, 4.69) is 15.6 Å². The summed E-state index contributed by atoms with van der Waals surface area (Å²) < 4.78 is 1.49. The Balaban J connectivity index is 2.09. The lowest BCUT2D eigenvalue weighted by molar-refractivity contribution is -0.119. The van der Waals surface area contributed by atoms with E-state index in [1.807, 2.05) is 5.38 Å². The van der Waals surface area contributed by atoms with Gasteiger partial charge in [0.25, 0.3) is 5.56 Å². The van der Waals surface area contributed by atoms with Crippen LogP contribution in [-0.2, 0) is 11.3 Å². The van der Waals surface area contributed by atoms with Gasteiger partial charge in [-0.2, -0.15) is 0 Å². The number of rotatable bonds is 4. The largest absolute Gasteiger partial charge is 0.358 e. The van der Waals surface area contributed by atoms with E-state index in [1.54, 1.807) is 13.2 Å². The number of nitrogens with one attached hydrogen (secondary N) is 2. The molecule has 0 saturated heterocycles. The average Bonchev–Trinajstić information content (AvgIpc) is 2.77. The van der Waals surface area contributed by atoms with Crippen molar-refractivity contribution in [3.63, 3.8) is 0 Å². The highest BCUT2D eigenvalue weighted by atomic mass is 32.1. The minimum absolute atomic E-state index is 0.0982. The summed E-state index contributed by atoms with van der Waals surface area (Å²) in [5, 5.41) is 7.23. The molecule has 0 aliphatic rings. The van der Waals surface area contributed by atoms with Crippen molar-refractivity contribution in [2.24, 2.45) is 0 Å². The van der Waals surface area contributed by atoms with Gasteiger partial charge in [-0.25, -0.2) is 4.98 Å². The van der Waals surface area contributed by atoms with Gasteiger partial charge in [0.05, 0.1) is 12.2 Å². The number of amides is 1. The van der Waals surface area contributed by atoms with Crippen molar-refractivity contribution in [2.75, 3.05) is 13.6 Å². The lowest BCUT2D eigenvalue weighted by Crippen LogP contribution is -2.31. The number of likely N-dealkylation sites (N-methyl/N-ethyl adjacent to an activating group) is 1. The molecule has 0 radical (unpaired) electrons. The Morgan fingerprint density at radius 1 is 1.59 bits per heavy atom. The van der Waals surface area contributed by atoms with E-state index in [-0.39, 0.29) is 18.0 Å². The van der Waals surface area contributed by atoms with Crippen molar-refractivity contribution in [1.29, 1.82) is 0 Å². The van der Waals surface area contributed by atoms with Gasteiger partial charge in [-0.15, -0.1) is 11.3 Å². The van der Waals surface area contributed by atoms with Crippen LogP contribution in [0.5, 0.6) is 0 Å². The van der Waals surface area contributed by atoms with Crippen LogP contribution in [0.4, 0.5) is 0 Å². The molecule has 2 rings (SSSR count). The third-order valence-corrected chi connectivity index (χ3v) is 2.98. The molecule has 2 aromatic heterocycles. The predicted molar refractivity (Wildman–Crippen MR) is 65.1 cm³/mol. The molecule has 0 aliphatic heterocycles. The van der Waals surface area contributed by atoms with Gasteiger partial charge in [-0.05, 0) is 0 Å². The molecule has 1 amide bonds. The fourth-order valence-electron chi connectivity index (χ4n) is 1.37. The maximum Gasteiger partial charge on any atom is 0.258 e. The van der Waals surface area contributed by atoms with Gasteiger partial charge in [0, 0.05) is 31.2 Å². The molecule has 6 nitrogen and oxygen atoms in total. The lowest BCUT2D eigenvalue weighted by atomic mass is 10.4. The zero-order valence-electron chi connectivity index (χ0n) is 9.27. The zero-order valence-corrected chi connectivity index (χ0v) is 10.1. The van der Waals surface area contributed by atoms with Crippen LogP contribution in [0.1, 0.15) is 5.69 Å². The van der Waals surface area contributed by atoms with E-state index in [1.165, 1.54) is 21.8 Å². The second-order valence-corrected chi connectivity index (χ2v) is 4.29. The quantitative estimate of drug-likeness (QED) is 0.776. The first-order valence-corrected chi connectivity index (χ1v) is 5.96. The molecule has 0 aromatic carbocycles. The zero-order chi connectivity index (χ0) is 12.3. The van der Waals surface area contributed by atoms with Crippen LogP contribution in [0.15, 0.2) is 22.4 Å². The topological polar surface area (TPSA) is 75.5 Å². The molecule has 2 N–H and O–H groups in total. The highest BCUT2D eigenvalue weighted by molar-refractivity contribution is 7.15. The van der Waals surface area contributed by atoms with E-state index in [0.29, 0.717) is 17.2 Å². The van der Waals surface area contributed by atoms with Crippen LogP contribution in [0.3, 0.4) is 0 Å². The molecule has 0 aliphatic carbocycles. The van der Waals surface area contributed by atoms with Crippen molar-refractivity contribution in [2.45, 2.75) is 6.54 Å². The summed E-state index contributed by atoms with van der Waals surface area (Å²) in [6, 6.07) is 1.47. The van der Waals surface area contributed by atoms with Crippen molar-refractivity contribution >= 4 is 22.2 Å². The molecule has 7 heteroatoms. The number of carbonyl (C=O) groups is 1. The Hall–Kier alpha value is -1.73. The Morgan fingerprint density at radius 3 is 3.18 bits per heavy atom. The smallest absolute Gasteiger partial charge is 0.258 e. The number of aromatic nitrogens is 2. The number of hydrogen-bond acceptors (Lipinski definition) is 5. The van der Waals surface area contributed by atoms with Gasteiger partial charge in [-0.1, -0.05) is 0 Å². The van der Waals surface area contributed by atoms with Gasteiger partial charge in [0.15, 0.2) is 4.96 Å². The Labute approximate surface area is 101 Å². The molecule has 0 unspecified atom stereocenters. The molecule has 2 heterocycles. The second-order valence-electron chi connectivity index (χ2n) is 3.42. The molecule has 90 valence electrons. The predicted octanol–water partition coefficient (Wildman–Crippen LogP) is -0.408. The van der Waals surface area contributed by atoms with Crippen LogP contribution in [0, 0.1) is 0 Å². The first-order valence-electron chi connectivity index (χ1n) is 5.08. The first-order chi connectivity index (χ1) is 8.20. The number of nitrogens with zero attached hydrogens (tertiary/aromatic N) is 2. The third-order valence-electron chi connectivity index (χ3n) is 2.23. The normalized spacial score (nSPS) is 10.6. The summed E-state index contributed by atoms with van der Waals surface area (Å²) in [4.78, 5) is 27.6. The van der Waals surface area contributed by atoms with E-state index in [4.69, 9.17) is 0 Å². The lowest BCUT2D eigenvalue weighted by Gasteiger charge is -2.03. The SMILES string of the molecule is CNC(=O)CNCc1cc(=O)n2ccsc2n1. The number of thiazole rings is 1. The van der Waals surface area contributed by atoms with Crippen molar-refractivity contribution < 1.29 is 4.79 Å². The van der Waals surface area contributed by atoms with Crippen LogP contribution in [-0.4, -0.2) is 28.9 Å². The van der Waals surface area contributed by atoms with E-state index >= 15 is 0 Å². The van der Waals surface area contributed by atoms with Gasteiger partial charge in [0.1, 0.15) is 0 Å². The minimum atomic E-state index is -0.104. The molecule has 0 bridgehead atoms. The standard InChI is InChI=1S/C10H12N4O2S/c1-11-8(15)6-12-5-7-4-9(16)14-2-3-17-10(14)13-7/h2-4,12H,5-6H2,1H3,(H,11,15). The fourth-order valence-corrected chi connectivity index (χ4v) is 2.11. The second kappa shape index (κ2) is 5.07. The molecule has 2 aromatic rings. The van der Waals surface area contributed by atoms with E-state index in [9.17, 15) is 9.59 Å². The average molecular weight is 252 g/mol. The third kappa shape index (κ3) is 2.69. The maximum absolute atomic E-state index is 11.6. The first kappa shape index (κ1) is 11.7. The Bertz CT molecular complexity index is 589. The highest BCUT2D eigenvalue weighted by Gasteiger charge is 2.03. The van der Waals surface area contributed by atoms with Gasteiger partial charge in [-0.3, -0.25) is 14.0 Å². The monoisotopic (exact) mass is 252 g/mol. The number of carbonyl (C=O) groups excluding carboxylic acids is 1. The van der Waals surface area contributed by atoms with Crippen molar-refractivity contribution in [1.82, 2.24) is 20.0 Å². The molecular weight excluding hydrogens is 240 g/mol. The van der Waals surface area contributed by atoms with Crippen LogP contribution < -0.4 is 16.2 Å². The summed E-state index contributed by atoms with van der Waals surface area (Å²) in [5.74, 6) is -0.0982. The van der Waals surface area contributed by atoms with E-state index < -0.39 is 0 Å². The summed E-state index contributed by atoms with van der Waals surface area (Å²) in [7, 11) is 1.58. The van der Waals surface area contributed by atoms with Crippen molar-refractivity contribution in [3.05, 3.63) is 33.7 Å². The molecule has 0 spiro atoms.